The number of hydrogen-bond acceptors (Lipinski definition) is 3. The van der Waals surface area contributed by atoms with Crippen LogP contribution in [0.1, 0.15) is 5.76 Å². The molecule has 0 aliphatic carbocycles. The molecule has 0 amide bonds. The van der Waals surface area contributed by atoms with Crippen molar-refractivity contribution in [1.29, 1.82) is 0 Å². The van der Waals surface area contributed by atoms with Gasteiger partial charge in [-0.25, -0.2) is 4.79 Å². The van der Waals surface area contributed by atoms with E-state index in [-0.39, 0.29) is 0 Å². The molecule has 3 nitrogen and oxygen atoms in total. The molecule has 1 rings (SSSR count). The maximum absolute atomic E-state index is 9.65. The maximum atomic E-state index is 9.65. The summed E-state index contributed by atoms with van der Waals surface area (Å²) in [6.45, 7) is 1.78. The molecule has 0 aliphatic heterocycles. The Balaban J connectivity index is 2.97. The van der Waals surface area contributed by atoms with E-state index < -0.39 is 0 Å². The van der Waals surface area contributed by atoms with Gasteiger partial charge >= 0.3 is 0 Å². The highest BCUT2D eigenvalue weighted by Crippen LogP contribution is 2.13. The predicted octanol–water partition coefficient (Wildman–Crippen LogP) is 1.56. The fourth-order valence-electron chi connectivity index (χ4n) is 0.541. The number of carbonyl (C=O) groups excluding carboxylic acids is 1. The maximum Gasteiger partial charge on any atom is 0.240 e. The zero-order valence-electron chi connectivity index (χ0n) is 4.92. The Labute approximate surface area is 52.0 Å². The summed E-state index contributed by atoms with van der Waals surface area (Å²) in [5.74, 6) is 0.740. The fourth-order valence-corrected chi connectivity index (χ4v) is 0.541. The van der Waals surface area contributed by atoms with Crippen molar-refractivity contribution >= 4 is 11.8 Å². The molecule has 0 atom stereocenters. The third-order valence-electron chi connectivity index (χ3n) is 0.891. The Kier molecular flexibility index (Phi) is 1.47. The van der Waals surface area contributed by atoms with Gasteiger partial charge in [0, 0.05) is 6.07 Å². The van der Waals surface area contributed by atoms with Gasteiger partial charge in [0.2, 0.25) is 6.08 Å². The van der Waals surface area contributed by atoms with Gasteiger partial charge in [0.15, 0.2) is 0 Å². The molecule has 0 spiro atoms. The number of nitrogens with zero attached hydrogens (tertiary/aromatic N) is 1. The molecule has 1 aromatic heterocycles. The second-order valence-electron chi connectivity index (χ2n) is 1.62. The van der Waals surface area contributed by atoms with Gasteiger partial charge < -0.3 is 4.42 Å². The molecule has 46 valence electrons. The molecule has 0 saturated carbocycles. The zero-order valence-corrected chi connectivity index (χ0v) is 4.92. The molecule has 0 aliphatic rings. The molecule has 0 unspecified atom stereocenters. The van der Waals surface area contributed by atoms with E-state index >= 15 is 0 Å². The second-order valence-corrected chi connectivity index (χ2v) is 1.62. The smallest absolute Gasteiger partial charge is 0.240 e. The van der Waals surface area contributed by atoms with Gasteiger partial charge in [0.05, 0.1) is 0 Å². The number of rotatable bonds is 1. The first-order valence-corrected chi connectivity index (χ1v) is 2.46. The first-order valence-electron chi connectivity index (χ1n) is 2.46. The van der Waals surface area contributed by atoms with E-state index in [9.17, 15) is 4.79 Å². The van der Waals surface area contributed by atoms with Crippen molar-refractivity contribution in [2.75, 3.05) is 0 Å². The average molecular weight is 123 g/mol. The fraction of sp³-hybridized carbons (Fsp3) is 0.167. The van der Waals surface area contributed by atoms with Crippen molar-refractivity contribution in [3.63, 3.8) is 0 Å². The highest BCUT2D eigenvalue weighted by Gasteiger charge is 1.91. The van der Waals surface area contributed by atoms with Crippen LogP contribution in [-0.4, -0.2) is 6.08 Å². The summed E-state index contributed by atoms with van der Waals surface area (Å²) in [5.41, 5.74) is 0.516. The molecular formula is C6H5NO2. The van der Waals surface area contributed by atoms with E-state index in [0.717, 1.165) is 5.76 Å². The van der Waals surface area contributed by atoms with Crippen molar-refractivity contribution < 1.29 is 9.21 Å². The van der Waals surface area contributed by atoms with Crippen molar-refractivity contribution in [2.24, 2.45) is 4.99 Å². The molecule has 0 saturated heterocycles. The van der Waals surface area contributed by atoms with Crippen LogP contribution in [0.15, 0.2) is 21.7 Å². The third kappa shape index (κ3) is 1.27. The summed E-state index contributed by atoms with van der Waals surface area (Å²) >= 11 is 0. The molecule has 3 heteroatoms. The van der Waals surface area contributed by atoms with Gasteiger partial charge in [-0.2, -0.15) is 4.99 Å². The highest BCUT2D eigenvalue weighted by molar-refractivity contribution is 5.47. The van der Waals surface area contributed by atoms with Gasteiger partial charge in [-0.05, 0) is 6.92 Å². The summed E-state index contributed by atoms with van der Waals surface area (Å²) in [4.78, 5) is 13.0. The van der Waals surface area contributed by atoms with Crippen molar-refractivity contribution in [3.05, 3.63) is 18.1 Å². The first-order chi connectivity index (χ1) is 4.33. The van der Waals surface area contributed by atoms with Crippen LogP contribution in [0.3, 0.4) is 0 Å². The van der Waals surface area contributed by atoms with Crippen LogP contribution in [-0.2, 0) is 4.79 Å². The minimum Gasteiger partial charge on any atom is -0.467 e. The molecule has 9 heavy (non-hydrogen) atoms. The Morgan fingerprint density at radius 2 is 2.56 bits per heavy atom. The zero-order chi connectivity index (χ0) is 6.69. The normalized spacial score (nSPS) is 8.56. The van der Waals surface area contributed by atoms with Crippen LogP contribution in [0.25, 0.3) is 0 Å². The van der Waals surface area contributed by atoms with Gasteiger partial charge in [-0.3, -0.25) is 0 Å². The van der Waals surface area contributed by atoms with Crippen LogP contribution in [0, 0.1) is 6.92 Å². The minimum absolute atomic E-state index is 0.516. The molecule has 1 aromatic rings. The van der Waals surface area contributed by atoms with Crippen molar-refractivity contribution in [1.82, 2.24) is 0 Å². The number of hydrogen-bond donors (Lipinski definition) is 0. The quantitative estimate of drug-likeness (QED) is 0.420. The topological polar surface area (TPSA) is 42.6 Å². The van der Waals surface area contributed by atoms with Gasteiger partial charge in [0.25, 0.3) is 0 Å². The third-order valence-corrected chi connectivity index (χ3v) is 0.891. The lowest BCUT2D eigenvalue weighted by molar-refractivity contribution is 0.534. The number of isocyanates is 1. The van der Waals surface area contributed by atoms with E-state index in [4.69, 9.17) is 4.42 Å². The van der Waals surface area contributed by atoms with Crippen LogP contribution in [0.2, 0.25) is 0 Å². The average Bonchev–Trinajstić information content (AvgIpc) is 2.17. The van der Waals surface area contributed by atoms with E-state index in [1.54, 1.807) is 13.0 Å². The molecule has 1 heterocycles. The SMILES string of the molecule is Cc1cc(N=C=O)co1. The van der Waals surface area contributed by atoms with Crippen LogP contribution < -0.4 is 0 Å². The summed E-state index contributed by atoms with van der Waals surface area (Å²) in [6.07, 6.45) is 2.82. The van der Waals surface area contributed by atoms with E-state index in [1.807, 2.05) is 0 Å². The largest absolute Gasteiger partial charge is 0.467 e. The monoisotopic (exact) mass is 123 g/mol. The van der Waals surface area contributed by atoms with E-state index in [0.29, 0.717) is 5.69 Å². The molecule has 0 radical (unpaired) electrons. The lowest BCUT2D eigenvalue weighted by atomic mass is 10.5. The van der Waals surface area contributed by atoms with Crippen molar-refractivity contribution in [2.45, 2.75) is 6.92 Å². The van der Waals surface area contributed by atoms with Crippen LogP contribution in [0.5, 0.6) is 0 Å². The Hall–Kier alpha value is -1.34. The molecule has 0 fully saturated rings. The Bertz CT molecular complexity index is 245. The lowest BCUT2D eigenvalue weighted by Gasteiger charge is -1.69. The summed E-state index contributed by atoms with van der Waals surface area (Å²) in [5, 5.41) is 0. The molecule has 0 N–H and O–H groups in total. The summed E-state index contributed by atoms with van der Waals surface area (Å²) in [6, 6.07) is 1.66. The van der Waals surface area contributed by atoms with Crippen LogP contribution >= 0.6 is 0 Å². The summed E-state index contributed by atoms with van der Waals surface area (Å²) < 4.78 is 4.84. The second kappa shape index (κ2) is 2.29. The highest BCUT2D eigenvalue weighted by atomic mass is 16.3. The Morgan fingerprint density at radius 1 is 1.78 bits per heavy atom. The lowest BCUT2D eigenvalue weighted by Crippen LogP contribution is -1.52. The Morgan fingerprint density at radius 3 is 3.00 bits per heavy atom. The number of furan rings is 1. The van der Waals surface area contributed by atoms with Gasteiger partial charge in [-0.1, -0.05) is 0 Å². The van der Waals surface area contributed by atoms with E-state index in [2.05, 4.69) is 4.99 Å². The van der Waals surface area contributed by atoms with E-state index in [1.165, 1.54) is 12.3 Å². The predicted molar refractivity (Wildman–Crippen MR) is 31.2 cm³/mol. The molecule has 0 aromatic carbocycles. The van der Waals surface area contributed by atoms with Crippen molar-refractivity contribution in [3.8, 4) is 0 Å². The van der Waals surface area contributed by atoms with Gasteiger partial charge in [-0.15, -0.1) is 0 Å². The first kappa shape index (κ1) is 5.79. The standard InChI is InChI=1S/C6H5NO2/c1-5-2-6(3-9-5)7-4-8/h2-3H,1H3. The molecular weight excluding hydrogens is 118 g/mol. The summed E-state index contributed by atoms with van der Waals surface area (Å²) in [7, 11) is 0. The van der Waals surface area contributed by atoms with Crippen LogP contribution in [0.4, 0.5) is 5.69 Å². The molecule has 0 bridgehead atoms. The van der Waals surface area contributed by atoms with Gasteiger partial charge in [0.1, 0.15) is 17.7 Å². The minimum atomic E-state index is 0.516. The number of aliphatic imine (C=N–C) groups is 1. The number of aryl methyl sites for hydroxylation is 1.